The number of alkyl halides is 3. The summed E-state index contributed by atoms with van der Waals surface area (Å²) in [4.78, 5) is 17.5. The SMILES string of the molecule is [2H]C1=C(SC([2H])([2H])c2c([2H])c([2H])c([2H])c(F)c2F)N(C([2H])([2H])C(=O)N(Cc2c([2H])c([2H])c(-c3c([2H])c([2H])c(C(F)(F)F)c([2H])c3[2H])c([2H])c2[2H])C2CCN(CC([2H])([2H])OC([2H])([2H])[2H])CC2)c2c([2H])c([2H])c(C)c([2H])c2C1O. The van der Waals surface area contributed by atoms with Gasteiger partial charge in [-0.3, -0.25) is 4.79 Å². The Hall–Kier alpha value is -4.23. The van der Waals surface area contributed by atoms with Crippen LogP contribution in [0.2, 0.25) is 0 Å². The summed E-state index contributed by atoms with van der Waals surface area (Å²) in [6.45, 7) is -8.08. The number of hydrogen-bond donors (Lipinski definition) is 1. The van der Waals surface area contributed by atoms with Crippen molar-refractivity contribution in [3.05, 3.63) is 135 Å². The van der Waals surface area contributed by atoms with Crippen molar-refractivity contribution in [2.75, 3.05) is 44.6 Å². The Balaban J connectivity index is 1.58. The van der Waals surface area contributed by atoms with Crippen molar-refractivity contribution in [2.24, 2.45) is 0 Å². The van der Waals surface area contributed by atoms with Crippen LogP contribution in [0.1, 0.15) is 79.7 Å². The number of anilines is 1. The number of fused-ring (bicyclic) bond motifs is 1. The van der Waals surface area contributed by atoms with E-state index in [4.69, 9.17) is 30.2 Å². The first kappa shape index (κ1) is 18.4. The zero-order chi connectivity index (χ0) is 58.6. The highest BCUT2D eigenvalue weighted by Gasteiger charge is 2.33. The quantitative estimate of drug-likeness (QED) is 0.146. The maximum atomic E-state index is 15.6. The van der Waals surface area contributed by atoms with E-state index in [1.807, 2.05) is 0 Å². The number of rotatable bonds is 12. The number of carbonyl (C=O) groups excluding carboxylic acids is 1. The molecule has 1 N–H and O–H groups in total. The molecule has 6 rings (SSSR count). The number of ether oxygens (including phenoxy) is 1. The van der Waals surface area contributed by atoms with Gasteiger partial charge in [0.05, 0.1) is 47.3 Å². The van der Waals surface area contributed by atoms with Crippen LogP contribution in [0.5, 0.6) is 0 Å². The lowest BCUT2D eigenvalue weighted by atomic mass is 9.99. The molecule has 4 aromatic rings. The number of nitrogens with zero attached hydrogens (tertiary/aromatic N) is 3. The summed E-state index contributed by atoms with van der Waals surface area (Å²) >= 11 is -0.465. The zero-order valence-electron chi connectivity index (χ0n) is 51.3. The number of aliphatic hydroxyl groups is 1. The van der Waals surface area contributed by atoms with Crippen molar-refractivity contribution in [1.82, 2.24) is 9.80 Å². The fourth-order valence-corrected chi connectivity index (χ4v) is 6.03. The Morgan fingerprint density at radius 1 is 1.04 bits per heavy atom. The van der Waals surface area contributed by atoms with Gasteiger partial charge in [0.25, 0.3) is 0 Å². The second-order valence-corrected chi connectivity index (χ2v) is 12.2. The average molecular weight is 776 g/mol. The summed E-state index contributed by atoms with van der Waals surface area (Å²) in [7, 11) is -3.21. The Bertz CT molecular complexity index is 3050. The van der Waals surface area contributed by atoms with Gasteiger partial charge in [-0.1, -0.05) is 66.0 Å². The minimum Gasteiger partial charge on any atom is -0.384 e. The molecule has 0 radical (unpaired) electrons. The van der Waals surface area contributed by atoms with Crippen LogP contribution >= 0.6 is 11.8 Å². The molecule has 0 aliphatic carbocycles. The molecule has 1 unspecified atom stereocenters. The van der Waals surface area contributed by atoms with Crippen LogP contribution in [0.15, 0.2) is 95.7 Å². The van der Waals surface area contributed by atoms with Crippen LogP contribution in [0.4, 0.5) is 27.6 Å². The molecule has 280 valence electrons. The maximum absolute atomic E-state index is 15.6. The minimum atomic E-state index is -5.43. The molecule has 0 bridgehead atoms. The lowest BCUT2D eigenvalue weighted by molar-refractivity contribution is -0.137. The van der Waals surface area contributed by atoms with Crippen LogP contribution in [0.25, 0.3) is 11.1 Å². The molecule has 0 saturated carbocycles. The van der Waals surface area contributed by atoms with Crippen LogP contribution in [-0.4, -0.2) is 66.6 Å². The molecule has 1 saturated heterocycles. The summed E-state index contributed by atoms with van der Waals surface area (Å²) in [5.41, 5.74) is -12.3. The molecular formula is C41H42F5N3O3S. The molecule has 53 heavy (non-hydrogen) atoms. The van der Waals surface area contributed by atoms with Gasteiger partial charge < -0.3 is 24.5 Å². The monoisotopic (exact) mass is 775 g/mol. The number of benzene rings is 4. The van der Waals surface area contributed by atoms with E-state index < -0.39 is 221 Å². The van der Waals surface area contributed by atoms with Gasteiger partial charge in [0.2, 0.25) is 5.91 Å². The molecule has 1 fully saturated rings. The van der Waals surface area contributed by atoms with Gasteiger partial charge in [-0.25, -0.2) is 8.78 Å². The van der Waals surface area contributed by atoms with E-state index in [0.717, 1.165) is 6.92 Å². The highest BCUT2D eigenvalue weighted by atomic mass is 32.2. The normalized spacial score (nSPS) is 24.4. The molecule has 0 spiro atoms. The van der Waals surface area contributed by atoms with Crippen LogP contribution in [-0.2, 0) is 28.0 Å². The zero-order valence-corrected chi connectivity index (χ0v) is 28.1. The number of amides is 1. The summed E-state index contributed by atoms with van der Waals surface area (Å²) in [6, 6.07) is -20.3. The van der Waals surface area contributed by atoms with Gasteiger partial charge in [0, 0.05) is 64.5 Å². The third-order valence-corrected chi connectivity index (χ3v) is 8.72. The van der Waals surface area contributed by atoms with Gasteiger partial charge in [-0.2, -0.15) is 13.2 Å². The Labute approximate surface area is 344 Å². The first-order chi connectivity index (χ1) is 35.0. The molecule has 4 aromatic carbocycles. The number of thioether (sulfide) groups is 1. The molecule has 6 nitrogen and oxygen atoms in total. The average Bonchev–Trinajstić information content (AvgIpc) is 3.31. The molecule has 12 heteroatoms. The lowest BCUT2D eigenvalue weighted by Crippen LogP contribution is -2.50. The van der Waals surface area contributed by atoms with Crippen molar-refractivity contribution >= 4 is 23.4 Å². The first-order valence-corrected chi connectivity index (χ1v) is 16.3. The number of likely N-dealkylation sites (tertiary alicyclic amines) is 1. The summed E-state index contributed by atoms with van der Waals surface area (Å²) in [5.74, 6) is -6.13. The van der Waals surface area contributed by atoms with Crippen molar-refractivity contribution in [2.45, 2.75) is 50.3 Å². The van der Waals surface area contributed by atoms with Crippen molar-refractivity contribution in [3.8, 4) is 11.1 Å². The van der Waals surface area contributed by atoms with Gasteiger partial charge in [0.15, 0.2) is 11.6 Å². The number of piperidine rings is 1. The molecule has 1 amide bonds. The van der Waals surface area contributed by atoms with Gasteiger partial charge in [-0.15, -0.1) is 11.8 Å². The van der Waals surface area contributed by atoms with Gasteiger partial charge in [-0.05, 0) is 66.7 Å². The van der Waals surface area contributed by atoms with Crippen LogP contribution in [0.3, 0.4) is 0 Å². The maximum Gasteiger partial charge on any atom is 0.416 e. The lowest BCUT2D eigenvalue weighted by Gasteiger charge is -2.40. The molecule has 2 aliphatic rings. The van der Waals surface area contributed by atoms with Crippen molar-refractivity contribution in [1.29, 1.82) is 0 Å². The van der Waals surface area contributed by atoms with E-state index in [1.165, 1.54) is 4.90 Å². The standard InChI is InChI=1S/C41H42F5N3O3S/c1-27-6-15-36-34(22-27)37(50)23-39(53-26-31-4-3-5-35(42)40(31)43)49(36)25-38(51)48(33-16-18-47(19-17-33)20-21-52-2)24-28-7-9-29(10-8-28)30-11-13-32(14-12-30)41(44,45)46/h3-15,22-23,33,37,50H,16-21,24-26H2,1-2H3/i2D3,3D,4D,5D,6D,7D,8D,9D,10D,11D,12D,13D,14D,15D,21D2,22D,23D,25D2,26D2. The molecule has 1 atom stereocenters. The number of aliphatic hydroxyl groups excluding tert-OH is 1. The Morgan fingerprint density at radius 2 is 1.74 bits per heavy atom. The number of hydrogen-bond acceptors (Lipinski definition) is 6. The fraction of sp³-hybridized carbons (Fsp3) is 0.341. The first-order valence-electron chi connectivity index (χ1n) is 27.5. The predicted molar refractivity (Wildman–Crippen MR) is 198 cm³/mol. The second kappa shape index (κ2) is 16.8. The highest BCUT2D eigenvalue weighted by Crippen LogP contribution is 2.41. The smallest absolute Gasteiger partial charge is 0.384 e. The van der Waals surface area contributed by atoms with E-state index in [2.05, 4.69) is 4.74 Å². The molecular weight excluding hydrogens is 710 g/mol. The minimum absolute atomic E-state index is 0.0897. The Morgan fingerprint density at radius 3 is 2.42 bits per heavy atom. The molecule has 2 heterocycles. The van der Waals surface area contributed by atoms with Gasteiger partial charge >= 0.3 is 6.18 Å². The number of halogens is 5. The van der Waals surface area contributed by atoms with E-state index in [0.29, 0.717) is 4.90 Å². The van der Waals surface area contributed by atoms with Gasteiger partial charge in [0.1, 0.15) is 12.6 Å². The Kier molecular flexibility index (Phi) is 5.85. The highest BCUT2D eigenvalue weighted by molar-refractivity contribution is 8.02. The summed E-state index contributed by atoms with van der Waals surface area (Å²) in [6.07, 6.45) is -8.53. The topological polar surface area (TPSA) is 56.3 Å². The number of carbonyl (C=O) groups is 1. The second-order valence-electron chi connectivity index (χ2n) is 11.4. The van der Waals surface area contributed by atoms with E-state index in [-0.39, 0.29) is 36.4 Å². The number of methoxy groups -OCH3 is 1. The van der Waals surface area contributed by atoms with E-state index >= 15 is 9.18 Å². The third-order valence-electron chi connectivity index (χ3n) is 7.92. The van der Waals surface area contributed by atoms with Crippen molar-refractivity contribution in [3.63, 3.8) is 0 Å². The van der Waals surface area contributed by atoms with E-state index in [1.54, 1.807) is 0 Å². The fourth-order valence-electron chi connectivity index (χ4n) is 5.29. The largest absolute Gasteiger partial charge is 0.416 e. The van der Waals surface area contributed by atoms with Crippen LogP contribution in [0, 0.1) is 18.6 Å². The summed E-state index contributed by atoms with van der Waals surface area (Å²) in [5, 5.41) is 10.3. The molecule has 0 aromatic heterocycles. The van der Waals surface area contributed by atoms with Crippen molar-refractivity contribution < 1.29 is 69.5 Å². The predicted octanol–water partition coefficient (Wildman–Crippen LogP) is 8.73. The third kappa shape index (κ3) is 9.29. The summed E-state index contributed by atoms with van der Waals surface area (Å²) < 4.78 is 280. The molecule has 2 aliphatic heterocycles. The van der Waals surface area contributed by atoms with E-state index in [9.17, 15) is 25.4 Å². The van der Waals surface area contributed by atoms with Crippen LogP contribution < -0.4 is 4.90 Å².